The molecule has 3 nitrogen and oxygen atoms in total. The van der Waals surface area contributed by atoms with Gasteiger partial charge in [-0.2, -0.15) is 0 Å². The zero-order chi connectivity index (χ0) is 14.1. The van der Waals surface area contributed by atoms with Crippen molar-refractivity contribution in [3.63, 3.8) is 0 Å². The molecule has 1 aromatic carbocycles. The number of thioether (sulfide) groups is 2. The number of hydrogen-bond acceptors (Lipinski definition) is 5. The topological polar surface area (TPSA) is 35.0 Å². The van der Waals surface area contributed by atoms with E-state index in [4.69, 9.17) is 4.74 Å². The quantitative estimate of drug-likeness (QED) is 0.846. The Morgan fingerprint density at radius 2 is 1.81 bits per heavy atom. The molecule has 4 rings (SSSR count). The molecule has 1 aromatic heterocycles. The molecule has 2 aliphatic rings. The summed E-state index contributed by atoms with van der Waals surface area (Å²) in [7, 11) is 0. The highest BCUT2D eigenvalue weighted by molar-refractivity contribution is 8.19. The van der Waals surface area contributed by atoms with Gasteiger partial charge >= 0.3 is 0 Å². The predicted molar refractivity (Wildman–Crippen MR) is 88.2 cm³/mol. The third-order valence-electron chi connectivity index (χ3n) is 3.82. The third-order valence-corrected chi connectivity index (χ3v) is 6.93. The second kappa shape index (κ2) is 5.89. The molecule has 0 saturated carbocycles. The van der Waals surface area contributed by atoms with Gasteiger partial charge in [-0.25, -0.2) is 9.97 Å². The fourth-order valence-corrected chi connectivity index (χ4v) is 5.63. The number of aromatic nitrogens is 2. The van der Waals surface area contributed by atoms with Crippen LogP contribution in [0.5, 0.6) is 11.6 Å². The molecule has 2 heterocycles. The lowest BCUT2D eigenvalue weighted by Gasteiger charge is -2.11. The molecule has 1 aliphatic carbocycles. The summed E-state index contributed by atoms with van der Waals surface area (Å²) in [5, 5.41) is 0. The van der Waals surface area contributed by atoms with Gasteiger partial charge in [0.15, 0.2) is 0 Å². The van der Waals surface area contributed by atoms with Gasteiger partial charge in [0.25, 0.3) is 0 Å². The van der Waals surface area contributed by atoms with Crippen molar-refractivity contribution < 1.29 is 4.74 Å². The minimum Gasteiger partial charge on any atom is -0.439 e. The van der Waals surface area contributed by atoms with Gasteiger partial charge in [-0.1, -0.05) is 12.1 Å². The van der Waals surface area contributed by atoms with Crippen molar-refractivity contribution in [3.05, 3.63) is 47.4 Å². The van der Waals surface area contributed by atoms with Crippen LogP contribution in [0.4, 0.5) is 0 Å². The van der Waals surface area contributed by atoms with Crippen LogP contribution < -0.4 is 4.74 Å². The maximum absolute atomic E-state index is 5.97. The summed E-state index contributed by atoms with van der Waals surface area (Å²) in [4.78, 5) is 8.64. The maximum atomic E-state index is 5.97. The van der Waals surface area contributed by atoms with E-state index in [1.54, 1.807) is 6.33 Å². The van der Waals surface area contributed by atoms with Gasteiger partial charge < -0.3 is 4.74 Å². The van der Waals surface area contributed by atoms with Crippen LogP contribution in [-0.2, 0) is 12.8 Å². The van der Waals surface area contributed by atoms with Gasteiger partial charge in [0.05, 0.1) is 10.3 Å². The first-order valence-electron chi connectivity index (χ1n) is 7.24. The first kappa shape index (κ1) is 13.5. The van der Waals surface area contributed by atoms with Crippen LogP contribution in [-0.4, -0.2) is 21.5 Å². The normalized spacial score (nSPS) is 17.9. The molecule has 108 valence electrons. The first-order valence-corrected chi connectivity index (χ1v) is 9.34. The van der Waals surface area contributed by atoms with E-state index in [0.29, 0.717) is 4.58 Å². The second-order valence-electron chi connectivity index (χ2n) is 5.20. The van der Waals surface area contributed by atoms with Crippen molar-refractivity contribution in [2.24, 2.45) is 0 Å². The Balaban J connectivity index is 1.53. The smallest absolute Gasteiger partial charge is 0.225 e. The lowest BCUT2D eigenvalue weighted by atomic mass is 10.2. The highest BCUT2D eigenvalue weighted by atomic mass is 32.2. The molecule has 1 fully saturated rings. The summed E-state index contributed by atoms with van der Waals surface area (Å²) in [5.74, 6) is 4.09. The zero-order valence-electron chi connectivity index (χ0n) is 11.6. The summed E-state index contributed by atoms with van der Waals surface area (Å²) < 4.78 is 6.56. The molecule has 0 unspecified atom stereocenters. The first-order chi connectivity index (χ1) is 10.4. The molecule has 0 amide bonds. The van der Waals surface area contributed by atoms with E-state index in [-0.39, 0.29) is 0 Å². The number of nitrogens with zero attached hydrogens (tertiary/aromatic N) is 2. The molecule has 1 aliphatic heterocycles. The number of aryl methyl sites for hydroxylation is 1. The average Bonchev–Trinajstić information content (AvgIpc) is 3.20. The lowest BCUT2D eigenvalue weighted by molar-refractivity contribution is 0.455. The predicted octanol–water partition coefficient (Wildman–Crippen LogP) is 4.24. The molecule has 5 heteroatoms. The summed E-state index contributed by atoms with van der Waals surface area (Å²) in [5.41, 5.74) is 3.71. The molecule has 0 N–H and O–H groups in total. The summed E-state index contributed by atoms with van der Waals surface area (Å²) >= 11 is 4.05. The molecule has 0 bridgehead atoms. The highest BCUT2D eigenvalue weighted by Gasteiger charge is 2.20. The van der Waals surface area contributed by atoms with E-state index in [0.717, 1.165) is 36.6 Å². The number of ether oxygens (including phenoxy) is 1. The van der Waals surface area contributed by atoms with Crippen molar-refractivity contribution in [3.8, 4) is 11.6 Å². The van der Waals surface area contributed by atoms with Crippen molar-refractivity contribution >= 4 is 23.5 Å². The maximum Gasteiger partial charge on any atom is 0.225 e. The monoisotopic (exact) mass is 316 g/mol. The fraction of sp³-hybridized carbons (Fsp3) is 0.375. The van der Waals surface area contributed by atoms with Crippen molar-refractivity contribution in [2.45, 2.75) is 23.8 Å². The summed E-state index contributed by atoms with van der Waals surface area (Å²) in [6.07, 6.45) is 4.83. The van der Waals surface area contributed by atoms with Crippen molar-refractivity contribution in [2.75, 3.05) is 11.5 Å². The average molecular weight is 316 g/mol. The number of hydrogen-bond donors (Lipinski definition) is 0. The molecular formula is C16H16N2OS2. The van der Waals surface area contributed by atoms with Crippen molar-refractivity contribution in [1.82, 2.24) is 9.97 Å². The van der Waals surface area contributed by atoms with E-state index in [1.165, 1.54) is 22.6 Å². The van der Waals surface area contributed by atoms with Gasteiger partial charge in [0.1, 0.15) is 12.1 Å². The van der Waals surface area contributed by atoms with Crippen LogP contribution in [0.1, 0.15) is 27.8 Å². The largest absolute Gasteiger partial charge is 0.439 e. The van der Waals surface area contributed by atoms with Crippen molar-refractivity contribution in [1.29, 1.82) is 0 Å². The van der Waals surface area contributed by atoms with Crippen LogP contribution in [0.15, 0.2) is 30.6 Å². The standard InChI is InChI=1S/C16H16N2OS2/c1-2-13-14(3-1)17-10-18-15(13)19-12-6-4-11(5-7-12)16-20-8-9-21-16/h4-7,10,16H,1-3,8-9H2. The highest BCUT2D eigenvalue weighted by Crippen LogP contribution is 2.45. The summed E-state index contributed by atoms with van der Waals surface area (Å²) in [6.45, 7) is 0. The Labute approximate surface area is 132 Å². The van der Waals surface area contributed by atoms with Gasteiger partial charge in [-0.3, -0.25) is 0 Å². The number of fused-ring (bicyclic) bond motifs is 1. The van der Waals surface area contributed by atoms with Gasteiger partial charge in [0.2, 0.25) is 5.88 Å². The lowest BCUT2D eigenvalue weighted by Crippen LogP contribution is -1.96. The van der Waals surface area contributed by atoms with Gasteiger partial charge in [-0.05, 0) is 37.0 Å². The van der Waals surface area contributed by atoms with Crippen LogP contribution >= 0.6 is 23.5 Å². The molecule has 0 radical (unpaired) electrons. The molecule has 21 heavy (non-hydrogen) atoms. The van der Waals surface area contributed by atoms with E-state index in [9.17, 15) is 0 Å². The van der Waals surface area contributed by atoms with Crippen LogP contribution in [0.3, 0.4) is 0 Å². The molecule has 1 saturated heterocycles. The van der Waals surface area contributed by atoms with E-state index in [2.05, 4.69) is 34.2 Å². The van der Waals surface area contributed by atoms with Crippen LogP contribution in [0, 0.1) is 0 Å². The Hall–Kier alpha value is -1.20. The zero-order valence-corrected chi connectivity index (χ0v) is 13.3. The summed E-state index contributed by atoms with van der Waals surface area (Å²) in [6, 6.07) is 8.45. The van der Waals surface area contributed by atoms with Gasteiger partial charge in [-0.15, -0.1) is 23.5 Å². The molecule has 0 spiro atoms. The Kier molecular flexibility index (Phi) is 3.78. The Bertz CT molecular complexity index is 639. The Morgan fingerprint density at radius 3 is 2.62 bits per heavy atom. The fourth-order valence-electron chi connectivity index (χ4n) is 2.77. The number of rotatable bonds is 3. The van der Waals surface area contributed by atoms with E-state index < -0.39 is 0 Å². The molecular weight excluding hydrogens is 300 g/mol. The van der Waals surface area contributed by atoms with Crippen LogP contribution in [0.2, 0.25) is 0 Å². The molecule has 2 aromatic rings. The second-order valence-corrected chi connectivity index (χ2v) is 7.93. The van der Waals surface area contributed by atoms with E-state index >= 15 is 0 Å². The van der Waals surface area contributed by atoms with Crippen LogP contribution in [0.25, 0.3) is 0 Å². The minimum absolute atomic E-state index is 0.586. The number of benzene rings is 1. The Morgan fingerprint density at radius 1 is 1.00 bits per heavy atom. The van der Waals surface area contributed by atoms with Gasteiger partial charge in [0, 0.05) is 17.1 Å². The van der Waals surface area contributed by atoms with E-state index in [1.807, 2.05) is 23.5 Å². The SMILES string of the molecule is c1nc2c(c(Oc3ccc(C4SCCS4)cc3)n1)CCC2. The molecule has 0 atom stereocenters. The third kappa shape index (κ3) is 2.77. The minimum atomic E-state index is 0.586.